The molecule has 0 aromatic carbocycles. The van der Waals surface area contributed by atoms with Gasteiger partial charge in [0.2, 0.25) is 0 Å². The fourth-order valence-electron chi connectivity index (χ4n) is 0.125. The van der Waals surface area contributed by atoms with Crippen molar-refractivity contribution < 1.29 is 17.0 Å². The van der Waals surface area contributed by atoms with Crippen LogP contribution < -0.4 is 17.0 Å². The molecule has 0 aliphatic heterocycles. The van der Waals surface area contributed by atoms with Gasteiger partial charge in [-0.25, -0.2) is 0 Å². The second-order valence-corrected chi connectivity index (χ2v) is 0.677. The molecule has 0 bridgehead atoms. The molecule has 0 saturated heterocycles. The van der Waals surface area contributed by atoms with Crippen molar-refractivity contribution in [2.24, 2.45) is 0 Å². The van der Waals surface area contributed by atoms with Crippen molar-refractivity contribution in [3.8, 4) is 11.8 Å². The van der Waals surface area contributed by atoms with E-state index in [4.69, 9.17) is 0 Å². The number of rotatable bonds is 0. The molecular formula is C5H7BrMg. The summed E-state index contributed by atoms with van der Waals surface area (Å²) >= 11 is 0. The third-order valence-corrected chi connectivity index (χ3v) is 0.302. The molecule has 0 radical (unpaired) electrons. The zero-order valence-corrected chi connectivity index (χ0v) is 7.50. The van der Waals surface area contributed by atoms with E-state index in [1.54, 1.807) is 0 Å². The predicted molar refractivity (Wildman–Crippen MR) is 29.2 cm³/mol. The minimum absolute atomic E-state index is 0. The monoisotopic (exact) mass is 170 g/mol. The summed E-state index contributed by atoms with van der Waals surface area (Å²) in [6.07, 6.45) is 0.733. The van der Waals surface area contributed by atoms with E-state index in [0.29, 0.717) is 0 Å². The van der Waals surface area contributed by atoms with Crippen LogP contribution in [0, 0.1) is 18.8 Å². The molecule has 0 nitrogen and oxygen atoms in total. The number of halogens is 1. The molecule has 0 amide bonds. The Morgan fingerprint density at radius 2 is 2.00 bits per heavy atom. The Balaban J connectivity index is -0.0000000800. The largest absolute Gasteiger partial charge is 2.00 e. The second-order valence-electron chi connectivity index (χ2n) is 0.677. The second kappa shape index (κ2) is 15.8. The van der Waals surface area contributed by atoms with E-state index in [-0.39, 0.29) is 40.0 Å². The van der Waals surface area contributed by atoms with Crippen molar-refractivity contribution >= 4 is 23.1 Å². The SMILES string of the molecule is [Br-].[CH2-]CC#CC.[Mg+2]. The van der Waals surface area contributed by atoms with E-state index in [2.05, 4.69) is 18.8 Å². The van der Waals surface area contributed by atoms with Crippen LogP contribution in [0.25, 0.3) is 0 Å². The third-order valence-electron chi connectivity index (χ3n) is 0.302. The summed E-state index contributed by atoms with van der Waals surface area (Å²) in [6, 6.07) is 0. The van der Waals surface area contributed by atoms with E-state index in [9.17, 15) is 0 Å². The van der Waals surface area contributed by atoms with Crippen LogP contribution in [-0.2, 0) is 0 Å². The van der Waals surface area contributed by atoms with Crippen LogP contribution in [0.5, 0.6) is 0 Å². The van der Waals surface area contributed by atoms with Gasteiger partial charge in [0.15, 0.2) is 0 Å². The third kappa shape index (κ3) is 20.0. The van der Waals surface area contributed by atoms with Crippen molar-refractivity contribution in [1.82, 2.24) is 0 Å². The van der Waals surface area contributed by atoms with E-state index >= 15 is 0 Å². The van der Waals surface area contributed by atoms with Crippen LogP contribution in [0.3, 0.4) is 0 Å². The zero-order valence-electron chi connectivity index (χ0n) is 4.50. The van der Waals surface area contributed by atoms with E-state index < -0.39 is 0 Å². The van der Waals surface area contributed by atoms with Crippen LogP contribution >= 0.6 is 0 Å². The number of hydrogen-bond acceptors (Lipinski definition) is 0. The maximum absolute atomic E-state index is 3.50. The van der Waals surface area contributed by atoms with Crippen molar-refractivity contribution in [3.63, 3.8) is 0 Å². The molecule has 0 N–H and O–H groups in total. The first-order chi connectivity index (χ1) is 2.41. The first-order valence-electron chi connectivity index (χ1n) is 1.60. The van der Waals surface area contributed by atoms with Gasteiger partial charge in [-0.1, -0.05) is 0 Å². The van der Waals surface area contributed by atoms with Crippen LogP contribution in [0.15, 0.2) is 0 Å². The Kier molecular flexibility index (Phi) is 35.4. The summed E-state index contributed by atoms with van der Waals surface area (Å²) in [6.45, 7) is 5.31. The molecule has 0 aromatic heterocycles. The fraction of sp³-hybridized carbons (Fsp3) is 0.400. The summed E-state index contributed by atoms with van der Waals surface area (Å²) in [5.74, 6) is 5.45. The molecule has 0 fully saturated rings. The molecule has 0 heterocycles. The Hall–Kier alpha value is 0.806. The molecule has 0 rings (SSSR count). The van der Waals surface area contributed by atoms with Crippen molar-refractivity contribution in [2.45, 2.75) is 13.3 Å². The quantitative estimate of drug-likeness (QED) is 0.222. The average Bonchev–Trinajstić information content (AvgIpc) is 1.41. The molecule has 7 heavy (non-hydrogen) atoms. The molecule has 0 aliphatic carbocycles. The standard InChI is InChI=1S/C5H7.BrH.Mg/c1-3-5-4-2;;/h1,3H2,2H3;1H;/q-1;;+2/p-1. The van der Waals surface area contributed by atoms with E-state index in [1.165, 1.54) is 0 Å². The molecule has 2 heteroatoms. The van der Waals surface area contributed by atoms with E-state index in [1.807, 2.05) is 6.92 Å². The van der Waals surface area contributed by atoms with Crippen LogP contribution in [0.4, 0.5) is 0 Å². The van der Waals surface area contributed by atoms with Gasteiger partial charge in [0.1, 0.15) is 0 Å². The summed E-state index contributed by atoms with van der Waals surface area (Å²) in [4.78, 5) is 0. The average molecular weight is 171 g/mol. The van der Waals surface area contributed by atoms with Gasteiger partial charge in [-0.2, -0.15) is 0 Å². The van der Waals surface area contributed by atoms with Crippen molar-refractivity contribution in [3.05, 3.63) is 6.92 Å². The Morgan fingerprint density at radius 1 is 1.57 bits per heavy atom. The minimum Gasteiger partial charge on any atom is -1.00 e. The molecule has 0 spiro atoms. The predicted octanol–water partition coefficient (Wildman–Crippen LogP) is -2.14. The molecule has 0 saturated carbocycles. The van der Waals surface area contributed by atoms with Crippen LogP contribution in [-0.4, -0.2) is 23.1 Å². The Bertz CT molecular complexity index is 60.2. The van der Waals surface area contributed by atoms with Gasteiger partial charge in [-0.05, 0) is 6.92 Å². The smallest absolute Gasteiger partial charge is 1.00 e. The number of hydrogen-bond donors (Lipinski definition) is 0. The van der Waals surface area contributed by atoms with Gasteiger partial charge in [-0.3, -0.25) is 0 Å². The topological polar surface area (TPSA) is 0 Å². The van der Waals surface area contributed by atoms with Gasteiger partial charge < -0.3 is 23.9 Å². The molecule has 36 valence electrons. The first-order valence-corrected chi connectivity index (χ1v) is 1.60. The Morgan fingerprint density at radius 3 is 2.00 bits per heavy atom. The first kappa shape index (κ1) is 15.7. The van der Waals surface area contributed by atoms with Gasteiger partial charge in [0, 0.05) is 0 Å². The maximum Gasteiger partial charge on any atom is 2.00 e. The van der Waals surface area contributed by atoms with Gasteiger partial charge in [0.25, 0.3) is 0 Å². The summed E-state index contributed by atoms with van der Waals surface area (Å²) in [5, 5.41) is 0. The van der Waals surface area contributed by atoms with Crippen LogP contribution in [0.2, 0.25) is 0 Å². The summed E-state index contributed by atoms with van der Waals surface area (Å²) < 4.78 is 0. The minimum atomic E-state index is 0. The normalized spacial score (nSPS) is 3.71. The maximum atomic E-state index is 3.50. The molecule has 0 aromatic rings. The van der Waals surface area contributed by atoms with Gasteiger partial charge in [-0.15, -0.1) is 18.3 Å². The van der Waals surface area contributed by atoms with Gasteiger partial charge >= 0.3 is 23.1 Å². The Labute approximate surface area is 72.0 Å². The van der Waals surface area contributed by atoms with Crippen molar-refractivity contribution in [1.29, 1.82) is 0 Å². The zero-order chi connectivity index (χ0) is 4.12. The summed E-state index contributed by atoms with van der Waals surface area (Å²) in [5.41, 5.74) is 0. The van der Waals surface area contributed by atoms with E-state index in [0.717, 1.165) is 6.42 Å². The van der Waals surface area contributed by atoms with Crippen LogP contribution in [0.1, 0.15) is 13.3 Å². The van der Waals surface area contributed by atoms with Gasteiger partial charge in [0.05, 0.1) is 0 Å². The molecule has 0 aliphatic rings. The fourth-order valence-corrected chi connectivity index (χ4v) is 0.125. The molecule has 0 unspecified atom stereocenters. The molecule has 0 atom stereocenters. The summed E-state index contributed by atoms with van der Waals surface area (Å²) in [7, 11) is 0. The molecular weight excluding hydrogens is 164 g/mol. The van der Waals surface area contributed by atoms with Crippen molar-refractivity contribution in [2.75, 3.05) is 0 Å².